The van der Waals surface area contributed by atoms with Gasteiger partial charge in [0.2, 0.25) is 0 Å². The van der Waals surface area contributed by atoms with E-state index in [1.54, 1.807) is 11.3 Å². The Kier molecular flexibility index (Phi) is 3.99. The summed E-state index contributed by atoms with van der Waals surface area (Å²) in [6, 6.07) is 20.6. The average Bonchev–Trinajstić information content (AvgIpc) is 2.93. The second-order valence-corrected chi connectivity index (χ2v) is 7.06. The Morgan fingerprint density at radius 3 is 2.05 bits per heavy atom. The zero-order valence-electron chi connectivity index (χ0n) is 13.2. The third kappa shape index (κ3) is 3.04. The van der Waals surface area contributed by atoms with Crippen molar-refractivity contribution in [2.24, 2.45) is 4.99 Å². The summed E-state index contributed by atoms with van der Waals surface area (Å²) in [5.41, 5.74) is 3.40. The number of nitrogens with zero attached hydrogens (tertiary/aromatic N) is 2. The maximum Gasteiger partial charge on any atom is 0.190 e. The Morgan fingerprint density at radius 2 is 1.45 bits per heavy atom. The summed E-state index contributed by atoms with van der Waals surface area (Å²) < 4.78 is 2.32. The predicted molar refractivity (Wildman–Crippen MR) is 94.4 cm³/mol. The second kappa shape index (κ2) is 5.93. The number of para-hydroxylation sites is 1. The molecule has 112 valence electrons. The Morgan fingerprint density at radius 1 is 0.864 bits per heavy atom. The van der Waals surface area contributed by atoms with E-state index >= 15 is 0 Å². The van der Waals surface area contributed by atoms with E-state index < -0.39 is 0 Å². The van der Waals surface area contributed by atoms with Crippen LogP contribution in [0.4, 0.5) is 5.69 Å². The summed E-state index contributed by atoms with van der Waals surface area (Å²) in [5.74, 6) is 0. The van der Waals surface area contributed by atoms with Crippen molar-refractivity contribution < 1.29 is 0 Å². The monoisotopic (exact) mass is 308 g/mol. The number of aromatic nitrogens is 1. The van der Waals surface area contributed by atoms with E-state index in [-0.39, 0.29) is 5.54 Å². The van der Waals surface area contributed by atoms with E-state index in [9.17, 15) is 0 Å². The summed E-state index contributed by atoms with van der Waals surface area (Å²) in [6.45, 7) is 6.66. The van der Waals surface area contributed by atoms with Crippen LogP contribution in [-0.2, 0) is 5.54 Å². The van der Waals surface area contributed by atoms with Gasteiger partial charge in [-0.15, -0.1) is 11.3 Å². The number of thiazole rings is 1. The Labute approximate surface area is 135 Å². The molecule has 3 rings (SSSR count). The van der Waals surface area contributed by atoms with Crippen molar-refractivity contribution in [2.75, 3.05) is 0 Å². The molecule has 0 spiro atoms. The number of hydrogen-bond acceptors (Lipinski definition) is 2. The minimum absolute atomic E-state index is 0.0290. The first kappa shape index (κ1) is 14.8. The standard InChI is InChI=1S/C19H20N2S/c1-19(2,3)21-17(15-10-6-4-7-11-15)14-22-18(21)20-16-12-8-5-9-13-16/h4-14H,1-3H3. The van der Waals surface area contributed by atoms with Crippen LogP contribution in [0.25, 0.3) is 11.3 Å². The van der Waals surface area contributed by atoms with E-state index in [1.165, 1.54) is 11.3 Å². The largest absolute Gasteiger partial charge is 0.311 e. The van der Waals surface area contributed by atoms with Crippen molar-refractivity contribution >= 4 is 17.0 Å². The molecule has 0 amide bonds. The van der Waals surface area contributed by atoms with Crippen LogP contribution >= 0.6 is 11.3 Å². The van der Waals surface area contributed by atoms with Gasteiger partial charge in [0.25, 0.3) is 0 Å². The SMILES string of the molecule is CC(C)(C)n1c(-c2ccccc2)csc1=Nc1ccccc1. The fourth-order valence-corrected chi connectivity index (χ4v) is 3.55. The van der Waals surface area contributed by atoms with Crippen LogP contribution in [0, 0.1) is 0 Å². The van der Waals surface area contributed by atoms with Crippen LogP contribution in [0.2, 0.25) is 0 Å². The molecule has 0 N–H and O–H groups in total. The molecule has 0 bridgehead atoms. The van der Waals surface area contributed by atoms with Crippen LogP contribution in [0.15, 0.2) is 71.0 Å². The van der Waals surface area contributed by atoms with E-state index in [2.05, 4.69) is 55.0 Å². The second-order valence-electron chi connectivity index (χ2n) is 6.22. The van der Waals surface area contributed by atoms with Gasteiger partial charge < -0.3 is 4.57 Å². The van der Waals surface area contributed by atoms with Gasteiger partial charge in [0.05, 0.1) is 11.4 Å². The molecule has 0 saturated heterocycles. The Bertz CT molecular complexity index is 806. The van der Waals surface area contributed by atoms with Crippen LogP contribution in [0.5, 0.6) is 0 Å². The molecule has 0 fully saturated rings. The lowest BCUT2D eigenvalue weighted by Crippen LogP contribution is -2.31. The minimum atomic E-state index is -0.0290. The normalized spacial score (nSPS) is 12.6. The number of benzene rings is 2. The molecule has 22 heavy (non-hydrogen) atoms. The summed E-state index contributed by atoms with van der Waals surface area (Å²) in [6.07, 6.45) is 0. The van der Waals surface area contributed by atoms with Gasteiger partial charge >= 0.3 is 0 Å². The molecule has 2 nitrogen and oxygen atoms in total. The first-order valence-electron chi connectivity index (χ1n) is 7.42. The lowest BCUT2D eigenvalue weighted by molar-refractivity contribution is 0.392. The first-order chi connectivity index (χ1) is 10.6. The van der Waals surface area contributed by atoms with E-state index in [0.717, 1.165) is 10.5 Å². The van der Waals surface area contributed by atoms with E-state index in [0.29, 0.717) is 0 Å². The van der Waals surface area contributed by atoms with Crippen molar-refractivity contribution in [1.82, 2.24) is 4.57 Å². The highest BCUT2D eigenvalue weighted by molar-refractivity contribution is 7.07. The van der Waals surface area contributed by atoms with Gasteiger partial charge in [0, 0.05) is 10.9 Å². The lowest BCUT2D eigenvalue weighted by Gasteiger charge is -2.24. The highest BCUT2D eigenvalue weighted by Gasteiger charge is 2.19. The molecule has 0 aliphatic heterocycles. The van der Waals surface area contributed by atoms with Crippen molar-refractivity contribution in [1.29, 1.82) is 0 Å². The maximum atomic E-state index is 4.84. The third-order valence-corrected chi connectivity index (χ3v) is 4.26. The zero-order chi connectivity index (χ0) is 15.6. The fraction of sp³-hybridized carbons (Fsp3) is 0.211. The fourth-order valence-electron chi connectivity index (χ4n) is 2.46. The van der Waals surface area contributed by atoms with Crippen molar-refractivity contribution in [2.45, 2.75) is 26.3 Å². The van der Waals surface area contributed by atoms with E-state index in [1.807, 2.05) is 36.4 Å². The first-order valence-corrected chi connectivity index (χ1v) is 8.30. The van der Waals surface area contributed by atoms with E-state index in [4.69, 9.17) is 4.99 Å². The van der Waals surface area contributed by atoms with Crippen LogP contribution in [0.1, 0.15) is 20.8 Å². The molecule has 0 radical (unpaired) electrons. The molecule has 1 heterocycles. The number of hydrogen-bond donors (Lipinski definition) is 0. The van der Waals surface area contributed by atoms with Crippen LogP contribution in [-0.4, -0.2) is 4.57 Å². The van der Waals surface area contributed by atoms with Gasteiger partial charge in [-0.25, -0.2) is 4.99 Å². The average molecular weight is 308 g/mol. The van der Waals surface area contributed by atoms with Crippen molar-refractivity contribution in [3.8, 4) is 11.3 Å². The topological polar surface area (TPSA) is 17.3 Å². The summed E-state index contributed by atoms with van der Waals surface area (Å²) in [5, 5.41) is 2.20. The third-order valence-electron chi connectivity index (χ3n) is 3.43. The maximum absolute atomic E-state index is 4.84. The highest BCUT2D eigenvalue weighted by Crippen LogP contribution is 2.26. The quantitative estimate of drug-likeness (QED) is 0.619. The molecular weight excluding hydrogens is 288 g/mol. The van der Waals surface area contributed by atoms with Crippen molar-refractivity contribution in [3.63, 3.8) is 0 Å². The Hall–Kier alpha value is -2.13. The smallest absolute Gasteiger partial charge is 0.190 e. The zero-order valence-corrected chi connectivity index (χ0v) is 14.0. The van der Waals surface area contributed by atoms with Crippen LogP contribution in [0.3, 0.4) is 0 Å². The summed E-state index contributed by atoms with van der Waals surface area (Å²) in [4.78, 5) is 5.86. The van der Waals surface area contributed by atoms with Gasteiger partial charge in [-0.2, -0.15) is 0 Å². The predicted octanol–water partition coefficient (Wildman–Crippen LogP) is 5.20. The Balaban J connectivity index is 2.21. The molecular formula is C19H20N2S. The molecule has 1 aromatic heterocycles. The van der Waals surface area contributed by atoms with Crippen LogP contribution < -0.4 is 4.80 Å². The molecule has 3 heteroatoms. The lowest BCUT2D eigenvalue weighted by atomic mass is 10.1. The molecule has 0 saturated carbocycles. The number of rotatable bonds is 2. The molecule has 0 atom stereocenters. The minimum Gasteiger partial charge on any atom is -0.311 e. The van der Waals surface area contributed by atoms with Gasteiger partial charge in [0.15, 0.2) is 4.80 Å². The van der Waals surface area contributed by atoms with Gasteiger partial charge in [0.1, 0.15) is 0 Å². The highest BCUT2D eigenvalue weighted by atomic mass is 32.1. The van der Waals surface area contributed by atoms with Gasteiger partial charge in [-0.3, -0.25) is 0 Å². The molecule has 3 aromatic rings. The molecule has 0 unspecified atom stereocenters. The van der Waals surface area contributed by atoms with Crippen molar-refractivity contribution in [3.05, 3.63) is 70.8 Å². The summed E-state index contributed by atoms with van der Waals surface area (Å²) >= 11 is 1.69. The molecule has 2 aromatic carbocycles. The summed E-state index contributed by atoms with van der Waals surface area (Å²) in [7, 11) is 0. The van der Waals surface area contributed by atoms with Gasteiger partial charge in [-0.05, 0) is 38.5 Å². The molecule has 0 aliphatic rings. The van der Waals surface area contributed by atoms with Gasteiger partial charge in [-0.1, -0.05) is 48.5 Å². The molecule has 0 aliphatic carbocycles.